The Bertz CT molecular complexity index is 235. The van der Waals surface area contributed by atoms with Gasteiger partial charge in [0, 0.05) is 18.1 Å². The summed E-state index contributed by atoms with van der Waals surface area (Å²) in [5, 5.41) is 0. The molecular formula is C13H24N2. The van der Waals surface area contributed by atoms with E-state index in [4.69, 9.17) is 0 Å². The van der Waals surface area contributed by atoms with Gasteiger partial charge in [0.25, 0.3) is 0 Å². The molecule has 2 heterocycles. The van der Waals surface area contributed by atoms with E-state index in [1.807, 2.05) is 0 Å². The van der Waals surface area contributed by atoms with Crippen molar-refractivity contribution in [3.05, 3.63) is 0 Å². The van der Waals surface area contributed by atoms with Crippen LogP contribution in [0.1, 0.15) is 45.4 Å². The monoisotopic (exact) mass is 208 g/mol. The van der Waals surface area contributed by atoms with Crippen molar-refractivity contribution in [1.29, 1.82) is 0 Å². The van der Waals surface area contributed by atoms with E-state index in [0.717, 1.165) is 6.04 Å². The van der Waals surface area contributed by atoms with Gasteiger partial charge in [-0.05, 0) is 65.1 Å². The smallest absolute Gasteiger partial charge is 0.0223 e. The largest absolute Gasteiger partial charge is 0.299 e. The van der Waals surface area contributed by atoms with Gasteiger partial charge in [-0.2, -0.15) is 0 Å². The lowest BCUT2D eigenvalue weighted by Gasteiger charge is -2.48. The highest BCUT2D eigenvalue weighted by atomic mass is 15.3. The third kappa shape index (κ3) is 1.72. The molecule has 2 heteroatoms. The normalized spacial score (nSPS) is 37.0. The second-order valence-electron chi connectivity index (χ2n) is 5.98. The quantitative estimate of drug-likeness (QED) is 0.651. The van der Waals surface area contributed by atoms with E-state index in [9.17, 15) is 0 Å². The second kappa shape index (κ2) is 3.74. The van der Waals surface area contributed by atoms with Crippen LogP contribution in [0.5, 0.6) is 0 Å². The molecule has 0 aromatic carbocycles. The second-order valence-corrected chi connectivity index (χ2v) is 5.98. The topological polar surface area (TPSA) is 6.48 Å². The summed E-state index contributed by atoms with van der Waals surface area (Å²) in [6.45, 7) is 7.92. The summed E-state index contributed by atoms with van der Waals surface area (Å²) in [5.74, 6) is 0. The highest BCUT2D eigenvalue weighted by molar-refractivity contribution is 4.97. The predicted octanol–water partition coefficient (Wildman–Crippen LogP) is 2.10. The molecule has 2 nitrogen and oxygen atoms in total. The fourth-order valence-corrected chi connectivity index (χ4v) is 3.70. The van der Waals surface area contributed by atoms with Crippen LogP contribution >= 0.6 is 0 Å². The van der Waals surface area contributed by atoms with Gasteiger partial charge in [0.05, 0.1) is 0 Å². The number of hydrogen-bond donors (Lipinski definition) is 0. The number of fused-ring (bicyclic) bond motifs is 1. The first-order valence-electron chi connectivity index (χ1n) is 6.77. The molecule has 1 unspecified atom stereocenters. The highest BCUT2D eigenvalue weighted by Gasteiger charge is 2.40. The molecule has 1 atom stereocenters. The Kier molecular flexibility index (Phi) is 2.52. The fourth-order valence-electron chi connectivity index (χ4n) is 3.70. The molecule has 3 fully saturated rings. The van der Waals surface area contributed by atoms with Crippen LogP contribution < -0.4 is 0 Å². The Morgan fingerprint density at radius 3 is 2.53 bits per heavy atom. The molecule has 0 radical (unpaired) electrons. The Hall–Kier alpha value is -0.0800. The van der Waals surface area contributed by atoms with Gasteiger partial charge in [0.1, 0.15) is 0 Å². The summed E-state index contributed by atoms with van der Waals surface area (Å²) in [6.07, 6.45) is 8.63. The van der Waals surface area contributed by atoms with Gasteiger partial charge in [0.15, 0.2) is 0 Å². The van der Waals surface area contributed by atoms with Gasteiger partial charge < -0.3 is 0 Å². The van der Waals surface area contributed by atoms with Crippen molar-refractivity contribution in [3.63, 3.8) is 0 Å². The Labute approximate surface area is 93.6 Å². The minimum absolute atomic E-state index is 0.582. The third-order valence-electron chi connectivity index (χ3n) is 5.00. The minimum atomic E-state index is 0.582. The van der Waals surface area contributed by atoms with E-state index in [2.05, 4.69) is 16.7 Å². The molecule has 1 saturated carbocycles. The molecular weight excluding hydrogens is 184 g/mol. The van der Waals surface area contributed by atoms with Crippen molar-refractivity contribution in [2.24, 2.45) is 0 Å². The summed E-state index contributed by atoms with van der Waals surface area (Å²) in [5.41, 5.74) is 0.582. The van der Waals surface area contributed by atoms with Gasteiger partial charge in [-0.3, -0.25) is 9.80 Å². The van der Waals surface area contributed by atoms with Crippen LogP contribution in [0.15, 0.2) is 0 Å². The zero-order valence-corrected chi connectivity index (χ0v) is 10.0. The fraction of sp³-hybridized carbons (Fsp3) is 1.00. The SMILES string of the molecule is CC1(N2CCCN3CCCC3C2)CCC1. The zero-order valence-electron chi connectivity index (χ0n) is 10.0. The summed E-state index contributed by atoms with van der Waals surface area (Å²) in [4.78, 5) is 5.55. The standard InChI is InChI=1S/C13H24N2/c1-13(6-3-7-13)15-10-4-9-14-8-2-5-12(14)11-15/h12H,2-11H2,1H3. The van der Waals surface area contributed by atoms with E-state index < -0.39 is 0 Å². The maximum Gasteiger partial charge on any atom is 0.0223 e. The minimum Gasteiger partial charge on any atom is -0.299 e. The van der Waals surface area contributed by atoms with Crippen molar-refractivity contribution in [3.8, 4) is 0 Å². The Morgan fingerprint density at radius 2 is 1.80 bits per heavy atom. The third-order valence-corrected chi connectivity index (χ3v) is 5.00. The lowest BCUT2D eigenvalue weighted by atomic mass is 9.76. The van der Waals surface area contributed by atoms with Crippen LogP contribution in [-0.4, -0.2) is 47.6 Å². The van der Waals surface area contributed by atoms with Crippen LogP contribution in [0.4, 0.5) is 0 Å². The molecule has 0 N–H and O–H groups in total. The number of nitrogens with zero attached hydrogens (tertiary/aromatic N) is 2. The molecule has 0 spiro atoms. The molecule has 0 aromatic rings. The summed E-state index contributed by atoms with van der Waals surface area (Å²) in [7, 11) is 0. The van der Waals surface area contributed by atoms with Gasteiger partial charge in [-0.15, -0.1) is 0 Å². The zero-order chi connectivity index (χ0) is 10.3. The lowest BCUT2D eigenvalue weighted by molar-refractivity contribution is 0.0273. The van der Waals surface area contributed by atoms with Crippen LogP contribution in [0, 0.1) is 0 Å². The molecule has 15 heavy (non-hydrogen) atoms. The van der Waals surface area contributed by atoms with E-state index in [1.165, 1.54) is 64.7 Å². The Balaban J connectivity index is 1.69. The maximum absolute atomic E-state index is 2.81. The van der Waals surface area contributed by atoms with Gasteiger partial charge in [0.2, 0.25) is 0 Å². The van der Waals surface area contributed by atoms with E-state index in [1.54, 1.807) is 0 Å². The van der Waals surface area contributed by atoms with Gasteiger partial charge in [-0.25, -0.2) is 0 Å². The Morgan fingerprint density at radius 1 is 1.00 bits per heavy atom. The van der Waals surface area contributed by atoms with E-state index in [0.29, 0.717) is 5.54 Å². The molecule has 0 bridgehead atoms. The van der Waals surface area contributed by atoms with Crippen molar-refractivity contribution in [1.82, 2.24) is 9.80 Å². The molecule has 1 aliphatic carbocycles. The summed E-state index contributed by atoms with van der Waals surface area (Å²) in [6, 6.07) is 0.893. The van der Waals surface area contributed by atoms with Crippen molar-refractivity contribution < 1.29 is 0 Å². The molecule has 86 valence electrons. The van der Waals surface area contributed by atoms with Gasteiger partial charge in [-0.1, -0.05) is 0 Å². The molecule has 2 saturated heterocycles. The highest BCUT2D eigenvalue weighted by Crippen LogP contribution is 2.38. The molecule has 0 amide bonds. The molecule has 2 aliphatic heterocycles. The van der Waals surface area contributed by atoms with E-state index >= 15 is 0 Å². The number of rotatable bonds is 1. The van der Waals surface area contributed by atoms with Crippen LogP contribution in [0.2, 0.25) is 0 Å². The molecule has 3 rings (SSSR count). The van der Waals surface area contributed by atoms with Crippen LogP contribution in [0.3, 0.4) is 0 Å². The first-order chi connectivity index (χ1) is 7.28. The first-order valence-corrected chi connectivity index (χ1v) is 6.77. The maximum atomic E-state index is 2.81. The van der Waals surface area contributed by atoms with Crippen molar-refractivity contribution in [2.75, 3.05) is 26.2 Å². The predicted molar refractivity (Wildman–Crippen MR) is 63.0 cm³/mol. The lowest BCUT2D eigenvalue weighted by Crippen LogP contribution is -2.53. The van der Waals surface area contributed by atoms with Crippen molar-refractivity contribution >= 4 is 0 Å². The molecule has 0 aromatic heterocycles. The average Bonchev–Trinajstić information content (AvgIpc) is 2.52. The average molecular weight is 208 g/mol. The van der Waals surface area contributed by atoms with Gasteiger partial charge >= 0.3 is 0 Å². The molecule has 3 aliphatic rings. The first kappa shape index (κ1) is 10.1. The van der Waals surface area contributed by atoms with E-state index in [-0.39, 0.29) is 0 Å². The summed E-state index contributed by atoms with van der Waals surface area (Å²) >= 11 is 0. The number of hydrogen-bond acceptors (Lipinski definition) is 2. The van der Waals surface area contributed by atoms with Crippen molar-refractivity contribution in [2.45, 2.75) is 57.0 Å². The summed E-state index contributed by atoms with van der Waals surface area (Å²) < 4.78 is 0. The van der Waals surface area contributed by atoms with Crippen LogP contribution in [0.25, 0.3) is 0 Å². The van der Waals surface area contributed by atoms with Crippen LogP contribution in [-0.2, 0) is 0 Å².